The minimum Gasteiger partial charge on any atom is -0.255 e. The summed E-state index contributed by atoms with van der Waals surface area (Å²) in [6.45, 7) is 7.24. The van der Waals surface area contributed by atoms with Crippen molar-refractivity contribution in [3.63, 3.8) is 0 Å². The van der Waals surface area contributed by atoms with Crippen LogP contribution >= 0.6 is 11.6 Å². The Morgan fingerprint density at radius 3 is 2.45 bits per heavy atom. The summed E-state index contributed by atoms with van der Waals surface area (Å²) in [5.41, 5.74) is -7.04. The van der Waals surface area contributed by atoms with Crippen LogP contribution in [-0.4, -0.2) is 25.4 Å². The van der Waals surface area contributed by atoms with Crippen molar-refractivity contribution in [3.05, 3.63) is 12.2 Å². The Bertz CT molecular complexity index is 541. The van der Waals surface area contributed by atoms with Crippen molar-refractivity contribution < 1.29 is 25.8 Å². The molecular formula is C12H16ClF3O3S. The van der Waals surface area contributed by atoms with Gasteiger partial charge in [-0.2, -0.15) is 21.6 Å². The van der Waals surface area contributed by atoms with Gasteiger partial charge in [0.25, 0.3) is 0 Å². The van der Waals surface area contributed by atoms with Crippen LogP contribution in [0.2, 0.25) is 0 Å². The molecular weight excluding hydrogens is 317 g/mol. The maximum absolute atomic E-state index is 12.6. The van der Waals surface area contributed by atoms with Crippen LogP contribution in [0.15, 0.2) is 12.2 Å². The van der Waals surface area contributed by atoms with Crippen molar-refractivity contribution in [1.29, 1.82) is 0 Å². The molecule has 0 radical (unpaired) electrons. The number of rotatable bonds is 3. The zero-order chi connectivity index (χ0) is 15.6. The van der Waals surface area contributed by atoms with Crippen LogP contribution in [0.3, 0.4) is 0 Å². The summed E-state index contributed by atoms with van der Waals surface area (Å²) in [5, 5.41) is 0. The van der Waals surface area contributed by atoms with Crippen LogP contribution in [-0.2, 0) is 14.3 Å². The van der Waals surface area contributed by atoms with Crippen LogP contribution in [0.25, 0.3) is 0 Å². The third-order valence-corrected chi connectivity index (χ3v) is 6.34. The molecule has 8 heteroatoms. The van der Waals surface area contributed by atoms with Crippen molar-refractivity contribution in [2.45, 2.75) is 37.8 Å². The molecule has 2 aliphatic rings. The Labute approximate surface area is 121 Å². The molecule has 0 spiro atoms. The van der Waals surface area contributed by atoms with E-state index in [1.54, 1.807) is 13.8 Å². The molecule has 2 aliphatic carbocycles. The minimum absolute atomic E-state index is 0.0422. The predicted molar refractivity (Wildman–Crippen MR) is 68.6 cm³/mol. The van der Waals surface area contributed by atoms with E-state index in [1.807, 2.05) is 0 Å². The van der Waals surface area contributed by atoms with Crippen LogP contribution in [0.1, 0.15) is 26.7 Å². The lowest BCUT2D eigenvalue weighted by molar-refractivity contribution is -0.0838. The van der Waals surface area contributed by atoms with E-state index in [9.17, 15) is 21.6 Å². The third-order valence-electron chi connectivity index (χ3n) is 4.93. The van der Waals surface area contributed by atoms with Gasteiger partial charge >= 0.3 is 15.6 Å². The van der Waals surface area contributed by atoms with E-state index in [0.717, 1.165) is 0 Å². The molecule has 20 heavy (non-hydrogen) atoms. The van der Waals surface area contributed by atoms with Crippen molar-refractivity contribution in [1.82, 2.24) is 0 Å². The van der Waals surface area contributed by atoms with Gasteiger partial charge in [-0.1, -0.05) is 26.0 Å². The minimum atomic E-state index is -5.66. The van der Waals surface area contributed by atoms with E-state index >= 15 is 0 Å². The largest absolute Gasteiger partial charge is 0.523 e. The Morgan fingerprint density at radius 1 is 1.45 bits per heavy atom. The normalized spacial score (nSPS) is 36.6. The molecule has 0 N–H and O–H groups in total. The summed E-state index contributed by atoms with van der Waals surface area (Å²) in [6.07, 6.45) is 0.781. The van der Waals surface area contributed by atoms with E-state index in [1.165, 1.54) is 0 Å². The Kier molecular flexibility index (Phi) is 3.51. The smallest absolute Gasteiger partial charge is 0.255 e. The molecule has 0 amide bonds. The zero-order valence-corrected chi connectivity index (χ0v) is 12.7. The number of hydrogen-bond donors (Lipinski definition) is 0. The monoisotopic (exact) mass is 332 g/mol. The first-order valence-electron chi connectivity index (χ1n) is 6.18. The second kappa shape index (κ2) is 4.36. The van der Waals surface area contributed by atoms with Crippen LogP contribution in [0.5, 0.6) is 0 Å². The number of fused-ring (bicyclic) bond motifs is 2. The highest BCUT2D eigenvalue weighted by atomic mass is 35.5. The number of alkyl halides is 4. The van der Waals surface area contributed by atoms with Crippen LogP contribution in [0, 0.1) is 17.3 Å². The Morgan fingerprint density at radius 2 is 2.00 bits per heavy atom. The second-order valence-electron chi connectivity index (χ2n) is 5.93. The van der Waals surface area contributed by atoms with Crippen LogP contribution in [0.4, 0.5) is 13.2 Å². The molecule has 3 nitrogen and oxygen atoms in total. The Balaban J connectivity index is 2.50. The summed E-state index contributed by atoms with van der Waals surface area (Å²) in [4.78, 5) is 0. The van der Waals surface area contributed by atoms with E-state index in [4.69, 9.17) is 15.8 Å². The van der Waals surface area contributed by atoms with Gasteiger partial charge in [-0.25, -0.2) is 0 Å². The fraction of sp³-hybridized carbons (Fsp3) is 0.833. The van der Waals surface area contributed by atoms with Crippen LogP contribution < -0.4 is 0 Å². The van der Waals surface area contributed by atoms with E-state index in [0.29, 0.717) is 12.0 Å². The summed E-state index contributed by atoms with van der Waals surface area (Å²) >= 11 is 5.87. The average Bonchev–Trinajstić information content (AvgIpc) is 2.70. The molecule has 2 fully saturated rings. The van der Waals surface area contributed by atoms with Gasteiger partial charge in [-0.05, 0) is 18.8 Å². The van der Waals surface area contributed by atoms with Gasteiger partial charge in [-0.15, -0.1) is 11.6 Å². The lowest BCUT2D eigenvalue weighted by Gasteiger charge is -2.43. The summed E-state index contributed by atoms with van der Waals surface area (Å²) in [7, 11) is -5.66. The highest BCUT2D eigenvalue weighted by Crippen LogP contribution is 2.66. The second-order valence-corrected chi connectivity index (χ2v) is 7.78. The molecule has 0 aliphatic heterocycles. The molecule has 116 valence electrons. The predicted octanol–water partition coefficient (Wildman–Crippen LogP) is 3.45. The third kappa shape index (κ3) is 1.85. The zero-order valence-electron chi connectivity index (χ0n) is 11.1. The summed E-state index contributed by atoms with van der Waals surface area (Å²) < 4.78 is 65.4. The van der Waals surface area contributed by atoms with E-state index < -0.39 is 32.6 Å². The van der Waals surface area contributed by atoms with Crippen molar-refractivity contribution in [2.24, 2.45) is 17.3 Å². The van der Waals surface area contributed by atoms with Gasteiger partial charge in [0.2, 0.25) is 0 Å². The molecule has 0 unspecified atom stereocenters. The van der Waals surface area contributed by atoms with E-state index in [2.05, 4.69) is 6.58 Å². The fourth-order valence-corrected chi connectivity index (χ4v) is 5.06. The van der Waals surface area contributed by atoms with Crippen molar-refractivity contribution >= 4 is 21.7 Å². The van der Waals surface area contributed by atoms with Gasteiger partial charge in [-0.3, -0.25) is 4.18 Å². The SMILES string of the molecule is C=C1[C@@H]2CC[C@@](OS(=O)(=O)C(F)(F)F)([C@@H]2CCl)C1(C)C. The first kappa shape index (κ1) is 16.1. The Hall–Kier alpha value is -0.270. The molecule has 2 saturated carbocycles. The van der Waals surface area contributed by atoms with Crippen molar-refractivity contribution in [2.75, 3.05) is 5.88 Å². The van der Waals surface area contributed by atoms with Gasteiger partial charge < -0.3 is 0 Å². The number of halogens is 4. The molecule has 3 atom stereocenters. The standard InChI is InChI=1S/C12H16ClF3O3S/c1-7-8-4-5-11(9(8)6-13,10(7,2)3)19-20(17,18)12(14,15)16/h8-9H,1,4-6H2,2-3H3/t8-,9+,11+/m0/s1. The van der Waals surface area contributed by atoms with Gasteiger partial charge in [0.15, 0.2) is 0 Å². The first-order chi connectivity index (χ1) is 8.91. The summed E-state index contributed by atoms with van der Waals surface area (Å²) in [5.74, 6) is -0.518. The lowest BCUT2D eigenvalue weighted by atomic mass is 9.70. The molecule has 0 saturated heterocycles. The van der Waals surface area contributed by atoms with Gasteiger partial charge in [0.05, 0.1) is 0 Å². The molecule has 0 aromatic heterocycles. The maximum atomic E-state index is 12.6. The molecule has 0 aromatic rings. The molecule has 2 bridgehead atoms. The van der Waals surface area contributed by atoms with Gasteiger partial charge in [0.1, 0.15) is 5.60 Å². The highest BCUT2D eigenvalue weighted by molar-refractivity contribution is 7.87. The highest BCUT2D eigenvalue weighted by Gasteiger charge is 2.69. The molecule has 2 rings (SSSR count). The summed E-state index contributed by atoms with van der Waals surface area (Å²) in [6, 6.07) is 0. The average molecular weight is 333 g/mol. The quantitative estimate of drug-likeness (QED) is 0.344. The van der Waals surface area contributed by atoms with Gasteiger partial charge in [0, 0.05) is 17.2 Å². The lowest BCUT2D eigenvalue weighted by Crippen LogP contribution is -2.50. The molecule has 0 heterocycles. The maximum Gasteiger partial charge on any atom is 0.523 e. The number of hydrogen-bond acceptors (Lipinski definition) is 3. The van der Waals surface area contributed by atoms with E-state index in [-0.39, 0.29) is 18.2 Å². The molecule has 0 aromatic carbocycles. The first-order valence-corrected chi connectivity index (χ1v) is 8.12. The topological polar surface area (TPSA) is 43.4 Å². The van der Waals surface area contributed by atoms with Crippen molar-refractivity contribution in [3.8, 4) is 0 Å². The fourth-order valence-electron chi connectivity index (χ4n) is 3.69.